The zero-order chi connectivity index (χ0) is 26.1. The number of ether oxygens (including phenoxy) is 3. The van der Waals surface area contributed by atoms with Crippen molar-refractivity contribution in [2.45, 2.75) is 63.4 Å². The molecule has 1 saturated carbocycles. The van der Waals surface area contributed by atoms with Crippen LogP contribution in [0.3, 0.4) is 0 Å². The molecule has 5 rings (SSSR count). The third kappa shape index (κ3) is 5.04. The van der Waals surface area contributed by atoms with Gasteiger partial charge in [-0.3, -0.25) is 14.6 Å². The number of hydrogen-bond acceptors (Lipinski definition) is 6. The molecule has 7 heteroatoms. The molecule has 0 N–H and O–H groups in total. The molecule has 0 saturated heterocycles. The number of esters is 1. The van der Waals surface area contributed by atoms with Crippen molar-refractivity contribution in [3.05, 3.63) is 69.9 Å². The van der Waals surface area contributed by atoms with E-state index in [1.165, 1.54) is 0 Å². The Morgan fingerprint density at radius 3 is 2.43 bits per heavy atom. The van der Waals surface area contributed by atoms with Crippen LogP contribution < -0.4 is 9.47 Å². The first-order chi connectivity index (χ1) is 17.9. The van der Waals surface area contributed by atoms with E-state index in [0.717, 1.165) is 42.5 Å². The number of carbonyl (C=O) groups is 2. The number of aliphatic imine (C=N–C) groups is 1. The Hall–Kier alpha value is -3.12. The molecule has 6 nitrogen and oxygen atoms in total. The summed E-state index contributed by atoms with van der Waals surface area (Å²) in [6, 6.07) is 13.2. The lowest BCUT2D eigenvalue weighted by atomic mass is 9.69. The summed E-state index contributed by atoms with van der Waals surface area (Å²) < 4.78 is 16.8. The number of rotatable bonds is 6. The van der Waals surface area contributed by atoms with Crippen LogP contribution in [0.2, 0.25) is 5.02 Å². The second-order valence-electron chi connectivity index (χ2n) is 10.1. The number of ketones is 1. The number of halogens is 1. The van der Waals surface area contributed by atoms with E-state index in [1.807, 2.05) is 43.3 Å². The van der Waals surface area contributed by atoms with Crippen molar-refractivity contribution in [1.82, 2.24) is 0 Å². The van der Waals surface area contributed by atoms with Crippen LogP contribution in [0.25, 0.3) is 0 Å². The van der Waals surface area contributed by atoms with Crippen LogP contribution >= 0.6 is 11.6 Å². The van der Waals surface area contributed by atoms with E-state index in [2.05, 4.69) is 0 Å². The number of hydrogen-bond donors (Lipinski definition) is 0. The third-order valence-electron chi connectivity index (χ3n) is 7.81. The van der Waals surface area contributed by atoms with Gasteiger partial charge < -0.3 is 14.2 Å². The van der Waals surface area contributed by atoms with E-state index in [-0.39, 0.29) is 23.8 Å². The van der Waals surface area contributed by atoms with Gasteiger partial charge in [0.05, 0.1) is 14.2 Å². The van der Waals surface area contributed by atoms with Crippen LogP contribution in [0.4, 0.5) is 0 Å². The first kappa shape index (κ1) is 25.5. The lowest BCUT2D eigenvalue weighted by molar-refractivity contribution is -0.151. The smallest absolute Gasteiger partial charge is 0.315 e. The highest BCUT2D eigenvalue weighted by molar-refractivity contribution is 6.30. The molecule has 0 amide bonds. The summed E-state index contributed by atoms with van der Waals surface area (Å²) in [4.78, 5) is 32.2. The standard InChI is InChI=1S/C30H32ClNO5/c1-17-27(30(34)37-22-9-4-5-10-22)28(19-7-6-8-21(31)13-19)29-23(32-17)14-20(15-24(29)33)18-11-12-25(35-2)26(16-18)36-3/h6-8,11-13,16,20,22,27-28H,4-5,9-10,14-15H2,1-3H3/t20-,27?,28+/m0/s1. The second-order valence-corrected chi connectivity index (χ2v) is 10.5. The average Bonchev–Trinajstić information content (AvgIpc) is 3.40. The Kier molecular flexibility index (Phi) is 7.38. The molecule has 37 heavy (non-hydrogen) atoms. The quantitative estimate of drug-likeness (QED) is 0.410. The van der Waals surface area contributed by atoms with Gasteiger partial charge in [0.25, 0.3) is 0 Å². The Bertz CT molecular complexity index is 1280. The lowest BCUT2D eigenvalue weighted by Gasteiger charge is -2.37. The maximum Gasteiger partial charge on any atom is 0.315 e. The maximum atomic E-state index is 13.8. The van der Waals surface area contributed by atoms with Crippen molar-refractivity contribution in [1.29, 1.82) is 0 Å². The summed E-state index contributed by atoms with van der Waals surface area (Å²) in [5.41, 5.74) is 3.85. The Labute approximate surface area is 222 Å². The van der Waals surface area contributed by atoms with Gasteiger partial charge in [0.1, 0.15) is 12.0 Å². The minimum absolute atomic E-state index is 0.000858. The topological polar surface area (TPSA) is 74.2 Å². The molecule has 2 aliphatic carbocycles. The van der Waals surface area contributed by atoms with Crippen LogP contribution in [0.15, 0.2) is 58.7 Å². The number of allylic oxidation sites excluding steroid dienone is 2. The molecule has 0 bridgehead atoms. The predicted molar refractivity (Wildman–Crippen MR) is 143 cm³/mol. The van der Waals surface area contributed by atoms with E-state index in [9.17, 15) is 9.59 Å². The van der Waals surface area contributed by atoms with Gasteiger partial charge in [0.15, 0.2) is 17.3 Å². The number of Topliss-reactive ketones (excluding diaryl/α,β-unsaturated/α-hetero) is 1. The third-order valence-corrected chi connectivity index (χ3v) is 8.05. The zero-order valence-electron chi connectivity index (χ0n) is 21.5. The van der Waals surface area contributed by atoms with Gasteiger partial charge in [-0.25, -0.2) is 0 Å². The number of benzene rings is 2. The van der Waals surface area contributed by atoms with Gasteiger partial charge in [-0.05, 0) is 80.3 Å². The van der Waals surface area contributed by atoms with E-state index >= 15 is 0 Å². The Morgan fingerprint density at radius 1 is 0.973 bits per heavy atom. The van der Waals surface area contributed by atoms with Crippen molar-refractivity contribution >= 4 is 29.1 Å². The molecule has 1 heterocycles. The number of carbonyl (C=O) groups excluding carboxylic acids is 2. The molecule has 1 fully saturated rings. The largest absolute Gasteiger partial charge is 0.493 e. The molecule has 1 unspecified atom stereocenters. The molecular weight excluding hydrogens is 490 g/mol. The molecule has 194 valence electrons. The van der Waals surface area contributed by atoms with E-state index in [1.54, 1.807) is 20.3 Å². The first-order valence-electron chi connectivity index (χ1n) is 12.9. The minimum Gasteiger partial charge on any atom is -0.493 e. The molecule has 1 aliphatic heterocycles. The second kappa shape index (κ2) is 10.7. The van der Waals surface area contributed by atoms with Gasteiger partial charge in [0.2, 0.25) is 0 Å². The molecule has 0 spiro atoms. The van der Waals surface area contributed by atoms with Crippen molar-refractivity contribution in [2.75, 3.05) is 14.2 Å². The van der Waals surface area contributed by atoms with Crippen molar-refractivity contribution in [3.63, 3.8) is 0 Å². The van der Waals surface area contributed by atoms with Gasteiger partial charge in [0, 0.05) is 34.3 Å². The fraction of sp³-hybridized carbons (Fsp3) is 0.433. The van der Waals surface area contributed by atoms with Gasteiger partial charge in [-0.2, -0.15) is 0 Å². The summed E-state index contributed by atoms with van der Waals surface area (Å²) in [7, 11) is 3.20. The fourth-order valence-corrected chi connectivity index (χ4v) is 6.21. The maximum absolute atomic E-state index is 13.8. The molecule has 3 atom stereocenters. The molecule has 0 radical (unpaired) electrons. The summed E-state index contributed by atoms with van der Waals surface area (Å²) >= 11 is 6.36. The monoisotopic (exact) mass is 521 g/mol. The number of nitrogens with zero attached hydrogens (tertiary/aromatic N) is 1. The van der Waals surface area contributed by atoms with Gasteiger partial charge in [-0.15, -0.1) is 0 Å². The molecule has 0 aromatic heterocycles. The van der Waals surface area contributed by atoms with Crippen LogP contribution in [0.1, 0.15) is 68.4 Å². The van der Waals surface area contributed by atoms with Crippen molar-refractivity contribution in [3.8, 4) is 11.5 Å². The predicted octanol–water partition coefficient (Wildman–Crippen LogP) is 6.42. The van der Waals surface area contributed by atoms with E-state index in [0.29, 0.717) is 40.6 Å². The number of methoxy groups -OCH3 is 2. The Balaban J connectivity index is 1.53. The van der Waals surface area contributed by atoms with Crippen LogP contribution in [0.5, 0.6) is 11.5 Å². The highest BCUT2D eigenvalue weighted by atomic mass is 35.5. The summed E-state index contributed by atoms with van der Waals surface area (Å²) in [5, 5.41) is 0.564. The molecule has 3 aliphatic rings. The van der Waals surface area contributed by atoms with E-state index in [4.69, 9.17) is 30.8 Å². The lowest BCUT2D eigenvalue weighted by Crippen LogP contribution is -2.39. The molecule has 2 aromatic rings. The van der Waals surface area contributed by atoms with E-state index < -0.39 is 11.8 Å². The highest BCUT2D eigenvalue weighted by Gasteiger charge is 2.45. The van der Waals surface area contributed by atoms with Gasteiger partial charge >= 0.3 is 5.97 Å². The zero-order valence-corrected chi connectivity index (χ0v) is 22.2. The van der Waals surface area contributed by atoms with Crippen molar-refractivity contribution < 1.29 is 23.8 Å². The SMILES string of the molecule is COc1ccc([C@@H]2CC(=O)C3=C(C2)N=C(C)C(C(=O)OC2CCCC2)[C@H]3c2cccc(Cl)c2)cc1OC. The van der Waals surface area contributed by atoms with Crippen LogP contribution in [-0.4, -0.2) is 37.8 Å². The van der Waals surface area contributed by atoms with Gasteiger partial charge in [-0.1, -0.05) is 29.8 Å². The normalized spacial score (nSPS) is 23.9. The fourth-order valence-electron chi connectivity index (χ4n) is 6.01. The summed E-state index contributed by atoms with van der Waals surface area (Å²) in [5.74, 6) is -0.213. The molecular formula is C30H32ClNO5. The summed E-state index contributed by atoms with van der Waals surface area (Å²) in [6.07, 6.45) is 4.76. The Morgan fingerprint density at radius 2 is 1.73 bits per heavy atom. The minimum atomic E-state index is -0.653. The average molecular weight is 522 g/mol. The summed E-state index contributed by atoms with van der Waals surface area (Å²) in [6.45, 7) is 1.87. The van der Waals surface area contributed by atoms with Crippen LogP contribution in [0, 0.1) is 5.92 Å². The first-order valence-corrected chi connectivity index (χ1v) is 13.3. The van der Waals surface area contributed by atoms with Crippen LogP contribution in [-0.2, 0) is 14.3 Å². The van der Waals surface area contributed by atoms with Crippen molar-refractivity contribution in [2.24, 2.45) is 10.9 Å². The molecule has 2 aromatic carbocycles. The highest BCUT2D eigenvalue weighted by Crippen LogP contribution is 2.48.